The smallest absolute Gasteiger partial charge is 0.387 e. The first kappa shape index (κ1) is 22.4. The molecular formula is C22H17ClF3NO4. The van der Waals surface area contributed by atoms with Gasteiger partial charge in [0.1, 0.15) is 17.1 Å². The van der Waals surface area contributed by atoms with E-state index in [-0.39, 0.29) is 10.8 Å². The third kappa shape index (κ3) is 4.91. The van der Waals surface area contributed by atoms with Crippen LogP contribution in [-0.4, -0.2) is 29.5 Å². The van der Waals surface area contributed by atoms with Gasteiger partial charge in [0.05, 0.1) is 5.02 Å². The molecule has 0 unspecified atom stereocenters. The molecule has 0 bridgehead atoms. The number of aryl methyl sites for hydroxylation is 1. The van der Waals surface area contributed by atoms with E-state index in [4.69, 9.17) is 16.3 Å². The molecule has 1 aromatic heterocycles. The summed E-state index contributed by atoms with van der Waals surface area (Å²) < 4.78 is 49.5. The summed E-state index contributed by atoms with van der Waals surface area (Å²) in [5.41, 5.74) is 1.76. The van der Waals surface area contributed by atoms with Gasteiger partial charge in [-0.05, 0) is 56.3 Å². The minimum Gasteiger partial charge on any atom is -0.454 e. The maximum Gasteiger partial charge on any atom is 0.387 e. The highest BCUT2D eigenvalue weighted by molar-refractivity contribution is 6.33. The number of hydrogen-bond acceptors (Lipinski definition) is 4. The van der Waals surface area contributed by atoms with Crippen molar-refractivity contribution in [3.63, 3.8) is 0 Å². The van der Waals surface area contributed by atoms with E-state index in [0.717, 1.165) is 6.07 Å². The normalized spacial score (nSPS) is 10.9. The van der Waals surface area contributed by atoms with Gasteiger partial charge in [-0.1, -0.05) is 17.7 Å². The molecule has 0 saturated carbocycles. The number of halogens is 4. The third-order valence-corrected chi connectivity index (χ3v) is 4.87. The standard InChI is InChI=1S/C22H17ClF3NO4/c1-12-10-16(13(2)27(12)14-6-8-15(9-7-14)31-22(25)26)19(28)11-30-21(29)20-17(23)4-3-5-18(20)24/h3-10,22H,11H2,1-2H3. The number of hydrogen-bond donors (Lipinski definition) is 0. The SMILES string of the molecule is Cc1cc(C(=O)COC(=O)c2c(F)cccc2Cl)c(C)n1-c1ccc(OC(F)F)cc1. The summed E-state index contributed by atoms with van der Waals surface area (Å²) in [6.07, 6.45) is 0. The average Bonchev–Trinajstić information content (AvgIpc) is 3.00. The molecule has 0 amide bonds. The van der Waals surface area contributed by atoms with Crippen LogP contribution in [0.5, 0.6) is 5.75 Å². The van der Waals surface area contributed by atoms with Crippen molar-refractivity contribution in [2.45, 2.75) is 20.5 Å². The topological polar surface area (TPSA) is 57.5 Å². The minimum atomic E-state index is -2.92. The second-order valence-corrected chi connectivity index (χ2v) is 7.00. The number of carbonyl (C=O) groups excluding carboxylic acids is 2. The Balaban J connectivity index is 1.77. The van der Waals surface area contributed by atoms with Crippen LogP contribution in [0.4, 0.5) is 13.2 Å². The maximum absolute atomic E-state index is 13.8. The Morgan fingerprint density at radius 2 is 1.77 bits per heavy atom. The minimum absolute atomic E-state index is 0.0104. The monoisotopic (exact) mass is 451 g/mol. The van der Waals surface area contributed by atoms with E-state index >= 15 is 0 Å². The molecule has 0 N–H and O–H groups in total. The first-order chi connectivity index (χ1) is 14.7. The van der Waals surface area contributed by atoms with Crippen molar-refractivity contribution in [2.24, 2.45) is 0 Å². The summed E-state index contributed by atoms with van der Waals surface area (Å²) in [7, 11) is 0. The number of Topliss-reactive ketones (excluding diaryl/α,β-unsaturated/α-hetero) is 1. The fourth-order valence-corrected chi connectivity index (χ4v) is 3.43. The molecule has 0 aliphatic heterocycles. The van der Waals surface area contributed by atoms with Crippen LogP contribution in [0.25, 0.3) is 5.69 Å². The van der Waals surface area contributed by atoms with Crippen molar-refractivity contribution in [1.82, 2.24) is 4.57 Å². The van der Waals surface area contributed by atoms with Crippen LogP contribution in [0.3, 0.4) is 0 Å². The molecule has 2 aromatic carbocycles. The first-order valence-electron chi connectivity index (χ1n) is 9.07. The summed E-state index contributed by atoms with van der Waals surface area (Å²) in [6, 6.07) is 11.3. The van der Waals surface area contributed by atoms with Gasteiger partial charge in [-0.25, -0.2) is 9.18 Å². The van der Waals surface area contributed by atoms with E-state index in [1.807, 2.05) is 0 Å². The van der Waals surface area contributed by atoms with Crippen molar-refractivity contribution < 1.29 is 32.2 Å². The molecule has 0 radical (unpaired) electrons. The average molecular weight is 452 g/mol. The van der Waals surface area contributed by atoms with Gasteiger partial charge in [0.15, 0.2) is 6.61 Å². The van der Waals surface area contributed by atoms with Crippen LogP contribution in [0.1, 0.15) is 32.1 Å². The third-order valence-electron chi connectivity index (χ3n) is 4.55. The fourth-order valence-electron chi connectivity index (χ4n) is 3.19. The predicted molar refractivity (Wildman–Crippen MR) is 108 cm³/mol. The Morgan fingerprint density at radius 3 is 2.39 bits per heavy atom. The highest BCUT2D eigenvalue weighted by Crippen LogP contribution is 2.24. The van der Waals surface area contributed by atoms with E-state index in [2.05, 4.69) is 4.74 Å². The van der Waals surface area contributed by atoms with Gasteiger partial charge in [0.25, 0.3) is 0 Å². The van der Waals surface area contributed by atoms with Gasteiger partial charge in [0, 0.05) is 22.6 Å². The van der Waals surface area contributed by atoms with Crippen LogP contribution >= 0.6 is 11.6 Å². The lowest BCUT2D eigenvalue weighted by molar-refractivity contribution is -0.0498. The van der Waals surface area contributed by atoms with Crippen molar-refractivity contribution in [2.75, 3.05) is 6.61 Å². The number of rotatable bonds is 7. The Kier molecular flexibility index (Phi) is 6.70. The number of aromatic nitrogens is 1. The molecular weight excluding hydrogens is 435 g/mol. The van der Waals surface area contributed by atoms with Crippen LogP contribution in [0.2, 0.25) is 5.02 Å². The number of benzene rings is 2. The zero-order valence-corrected chi connectivity index (χ0v) is 17.3. The highest BCUT2D eigenvalue weighted by Gasteiger charge is 2.21. The fraction of sp³-hybridized carbons (Fsp3) is 0.182. The molecule has 0 spiro atoms. The highest BCUT2D eigenvalue weighted by atomic mass is 35.5. The number of esters is 1. The largest absolute Gasteiger partial charge is 0.454 e. The quantitative estimate of drug-likeness (QED) is 0.350. The number of ketones is 1. The molecule has 0 fully saturated rings. The molecule has 0 aliphatic rings. The number of carbonyl (C=O) groups is 2. The zero-order chi connectivity index (χ0) is 22.7. The predicted octanol–water partition coefficient (Wildman–Crippen LogP) is 5.53. The second kappa shape index (κ2) is 9.26. The van der Waals surface area contributed by atoms with Gasteiger partial charge >= 0.3 is 12.6 Å². The number of nitrogens with zero attached hydrogens (tertiary/aromatic N) is 1. The van der Waals surface area contributed by atoms with E-state index in [1.54, 1.807) is 36.6 Å². The summed E-state index contributed by atoms with van der Waals surface area (Å²) in [6.45, 7) is -0.0700. The first-order valence-corrected chi connectivity index (χ1v) is 9.45. The van der Waals surface area contributed by atoms with Gasteiger partial charge < -0.3 is 14.0 Å². The van der Waals surface area contributed by atoms with E-state index in [0.29, 0.717) is 22.6 Å². The van der Waals surface area contributed by atoms with Crippen LogP contribution in [0, 0.1) is 19.7 Å². The summed E-state index contributed by atoms with van der Waals surface area (Å²) in [5, 5.41) is -0.116. The van der Waals surface area contributed by atoms with Crippen LogP contribution in [0.15, 0.2) is 48.5 Å². The molecule has 0 saturated heterocycles. The molecule has 0 aliphatic carbocycles. The molecule has 1 heterocycles. The molecule has 3 rings (SSSR count). The van der Waals surface area contributed by atoms with E-state index in [1.165, 1.54) is 24.3 Å². The molecule has 31 heavy (non-hydrogen) atoms. The van der Waals surface area contributed by atoms with Crippen LogP contribution in [-0.2, 0) is 4.74 Å². The maximum atomic E-state index is 13.8. The number of ether oxygens (including phenoxy) is 2. The molecule has 5 nitrogen and oxygen atoms in total. The number of alkyl halides is 2. The second-order valence-electron chi connectivity index (χ2n) is 6.59. The molecule has 0 atom stereocenters. The van der Waals surface area contributed by atoms with Crippen molar-refractivity contribution in [1.29, 1.82) is 0 Å². The Hall–Kier alpha value is -3.26. The van der Waals surface area contributed by atoms with Crippen molar-refractivity contribution in [3.05, 3.63) is 81.9 Å². The lowest BCUT2D eigenvalue weighted by atomic mass is 10.1. The lowest BCUT2D eigenvalue weighted by Gasteiger charge is -2.11. The summed E-state index contributed by atoms with van der Waals surface area (Å²) in [4.78, 5) is 24.8. The lowest BCUT2D eigenvalue weighted by Crippen LogP contribution is -2.16. The molecule has 9 heteroatoms. The zero-order valence-electron chi connectivity index (χ0n) is 16.5. The molecule has 162 valence electrons. The van der Waals surface area contributed by atoms with E-state index < -0.39 is 36.4 Å². The van der Waals surface area contributed by atoms with Gasteiger partial charge in [-0.2, -0.15) is 8.78 Å². The molecule has 3 aromatic rings. The van der Waals surface area contributed by atoms with Crippen LogP contribution < -0.4 is 4.74 Å². The van der Waals surface area contributed by atoms with Crippen molar-refractivity contribution in [3.8, 4) is 11.4 Å². The Morgan fingerprint density at radius 1 is 1.10 bits per heavy atom. The van der Waals surface area contributed by atoms with Gasteiger partial charge in [0.2, 0.25) is 5.78 Å². The summed E-state index contributed by atoms with van der Waals surface area (Å²) >= 11 is 5.83. The van der Waals surface area contributed by atoms with Gasteiger partial charge in [-0.3, -0.25) is 4.79 Å². The summed E-state index contributed by atoms with van der Waals surface area (Å²) in [5.74, 6) is -2.36. The Bertz CT molecular complexity index is 1110. The van der Waals surface area contributed by atoms with E-state index in [9.17, 15) is 22.8 Å². The van der Waals surface area contributed by atoms with Gasteiger partial charge in [-0.15, -0.1) is 0 Å². The Labute approximate surface area is 181 Å². The van der Waals surface area contributed by atoms with Crippen molar-refractivity contribution >= 4 is 23.4 Å².